The first-order valence-electron chi connectivity index (χ1n) is 6.37. The third-order valence-electron chi connectivity index (χ3n) is 3.57. The van der Waals surface area contributed by atoms with E-state index >= 15 is 0 Å². The van der Waals surface area contributed by atoms with Crippen LogP contribution in [0.25, 0.3) is 11.0 Å². The van der Waals surface area contributed by atoms with Gasteiger partial charge in [0.2, 0.25) is 0 Å². The van der Waals surface area contributed by atoms with Gasteiger partial charge in [0, 0.05) is 19.1 Å². The Labute approximate surface area is 112 Å². The van der Waals surface area contributed by atoms with Crippen LogP contribution >= 0.6 is 11.6 Å². The highest BCUT2D eigenvalue weighted by molar-refractivity contribution is 6.16. The van der Waals surface area contributed by atoms with Crippen LogP contribution in [0.2, 0.25) is 0 Å². The summed E-state index contributed by atoms with van der Waals surface area (Å²) >= 11 is 6.01. The van der Waals surface area contributed by atoms with Crippen LogP contribution in [0.15, 0.2) is 18.2 Å². The summed E-state index contributed by atoms with van der Waals surface area (Å²) < 4.78 is 7.69. The van der Waals surface area contributed by atoms with E-state index in [-0.39, 0.29) is 0 Å². The number of alkyl halides is 1. The number of imidazole rings is 1. The van der Waals surface area contributed by atoms with E-state index in [1.807, 2.05) is 0 Å². The molecule has 2 heterocycles. The first-order chi connectivity index (χ1) is 8.78. The molecule has 0 saturated carbocycles. The molecule has 1 saturated heterocycles. The van der Waals surface area contributed by atoms with E-state index in [9.17, 15) is 0 Å². The van der Waals surface area contributed by atoms with Gasteiger partial charge in [-0.2, -0.15) is 0 Å². The topological polar surface area (TPSA) is 27.1 Å². The van der Waals surface area contributed by atoms with Crippen molar-refractivity contribution in [1.29, 1.82) is 0 Å². The van der Waals surface area contributed by atoms with Crippen molar-refractivity contribution in [3.8, 4) is 0 Å². The fourth-order valence-corrected chi connectivity index (χ4v) is 2.79. The first kappa shape index (κ1) is 12.0. The van der Waals surface area contributed by atoms with Gasteiger partial charge in [0.25, 0.3) is 0 Å². The number of hydrogen-bond donors (Lipinski definition) is 0. The zero-order valence-corrected chi connectivity index (χ0v) is 11.3. The Balaban J connectivity index is 2.01. The van der Waals surface area contributed by atoms with E-state index < -0.39 is 0 Å². The molecule has 4 heteroatoms. The molecule has 2 aromatic rings. The van der Waals surface area contributed by atoms with Gasteiger partial charge in [0.15, 0.2) is 0 Å². The molecule has 3 nitrogen and oxygen atoms in total. The van der Waals surface area contributed by atoms with Crippen LogP contribution in [-0.2, 0) is 17.2 Å². The lowest BCUT2D eigenvalue weighted by Crippen LogP contribution is -2.12. The molecular weight excluding hydrogens is 248 g/mol. The van der Waals surface area contributed by atoms with Gasteiger partial charge in [0.05, 0.1) is 23.5 Å². The predicted octanol–water partition coefficient (Wildman–Crippen LogP) is 3.12. The Kier molecular flexibility index (Phi) is 3.27. The summed E-state index contributed by atoms with van der Waals surface area (Å²) in [5, 5.41) is 0. The fourth-order valence-electron chi connectivity index (χ4n) is 2.58. The second kappa shape index (κ2) is 4.90. The molecule has 18 heavy (non-hydrogen) atoms. The van der Waals surface area contributed by atoms with Crippen molar-refractivity contribution >= 4 is 22.6 Å². The van der Waals surface area contributed by atoms with Gasteiger partial charge >= 0.3 is 0 Å². The fraction of sp³-hybridized carbons (Fsp3) is 0.500. The minimum absolute atomic E-state index is 0.460. The standard InChI is InChI=1S/C14H17ClN2O/c1-10-2-3-13-12(6-10)16-14(7-15)17(13)8-11-4-5-18-9-11/h2-3,6,11H,4-5,7-9H2,1H3. The predicted molar refractivity (Wildman–Crippen MR) is 73.0 cm³/mol. The van der Waals surface area contributed by atoms with Gasteiger partial charge in [-0.15, -0.1) is 11.6 Å². The molecule has 1 aliphatic heterocycles. The molecule has 1 unspecified atom stereocenters. The number of ether oxygens (including phenoxy) is 1. The maximum Gasteiger partial charge on any atom is 0.124 e. The smallest absolute Gasteiger partial charge is 0.124 e. The van der Waals surface area contributed by atoms with Gasteiger partial charge in [-0.25, -0.2) is 4.98 Å². The van der Waals surface area contributed by atoms with Crippen LogP contribution in [0.3, 0.4) is 0 Å². The van der Waals surface area contributed by atoms with Crippen molar-refractivity contribution < 1.29 is 4.74 Å². The van der Waals surface area contributed by atoms with Crippen molar-refractivity contribution in [3.63, 3.8) is 0 Å². The summed E-state index contributed by atoms with van der Waals surface area (Å²) in [6.07, 6.45) is 1.13. The third kappa shape index (κ3) is 2.13. The highest BCUT2D eigenvalue weighted by atomic mass is 35.5. The van der Waals surface area contributed by atoms with E-state index in [0.717, 1.165) is 37.5 Å². The molecule has 1 aliphatic rings. The molecule has 0 aliphatic carbocycles. The number of fused-ring (bicyclic) bond motifs is 1. The molecule has 0 amide bonds. The maximum atomic E-state index is 6.01. The molecule has 1 fully saturated rings. The normalized spacial score (nSPS) is 19.8. The van der Waals surface area contributed by atoms with Gasteiger partial charge < -0.3 is 9.30 Å². The maximum absolute atomic E-state index is 6.01. The van der Waals surface area contributed by atoms with Crippen LogP contribution in [-0.4, -0.2) is 22.8 Å². The summed E-state index contributed by atoms with van der Waals surface area (Å²) in [6.45, 7) is 4.78. The summed E-state index contributed by atoms with van der Waals surface area (Å²) in [6, 6.07) is 6.39. The zero-order valence-electron chi connectivity index (χ0n) is 10.5. The number of nitrogens with zero attached hydrogens (tertiary/aromatic N) is 2. The van der Waals surface area contributed by atoms with Gasteiger partial charge in [0.1, 0.15) is 5.82 Å². The number of benzene rings is 1. The molecule has 0 spiro atoms. The Bertz CT molecular complexity index is 558. The molecule has 1 aromatic carbocycles. The van der Waals surface area contributed by atoms with Crippen molar-refractivity contribution in [2.24, 2.45) is 5.92 Å². The van der Waals surface area contributed by atoms with Crippen molar-refractivity contribution in [1.82, 2.24) is 9.55 Å². The van der Waals surface area contributed by atoms with Crippen LogP contribution < -0.4 is 0 Å². The van der Waals surface area contributed by atoms with Crippen LogP contribution in [0, 0.1) is 12.8 Å². The van der Waals surface area contributed by atoms with Crippen molar-refractivity contribution in [2.75, 3.05) is 13.2 Å². The second-order valence-corrected chi connectivity index (χ2v) is 5.26. The van der Waals surface area contributed by atoms with E-state index in [2.05, 4.69) is 34.7 Å². The summed E-state index contributed by atoms with van der Waals surface area (Å²) in [5.74, 6) is 2.01. The SMILES string of the molecule is Cc1ccc2c(c1)nc(CCl)n2CC1CCOC1. The number of halogens is 1. The monoisotopic (exact) mass is 264 g/mol. The molecule has 3 rings (SSSR count). The van der Waals surface area contributed by atoms with Crippen LogP contribution in [0.4, 0.5) is 0 Å². The summed E-state index contributed by atoms with van der Waals surface area (Å²) in [7, 11) is 0. The van der Waals surface area contributed by atoms with Crippen LogP contribution in [0.1, 0.15) is 17.8 Å². The minimum Gasteiger partial charge on any atom is -0.381 e. The minimum atomic E-state index is 0.460. The molecule has 1 atom stereocenters. The number of aromatic nitrogens is 2. The Morgan fingerprint density at radius 2 is 2.39 bits per heavy atom. The average molecular weight is 265 g/mol. The van der Waals surface area contributed by atoms with Gasteiger partial charge in [-0.1, -0.05) is 6.07 Å². The van der Waals surface area contributed by atoms with Crippen LogP contribution in [0.5, 0.6) is 0 Å². The second-order valence-electron chi connectivity index (χ2n) is 4.99. The Morgan fingerprint density at radius 1 is 1.50 bits per heavy atom. The molecule has 0 bridgehead atoms. The zero-order chi connectivity index (χ0) is 12.5. The summed E-state index contributed by atoms with van der Waals surface area (Å²) in [5.41, 5.74) is 3.46. The lowest BCUT2D eigenvalue weighted by molar-refractivity contribution is 0.182. The Hall–Kier alpha value is -1.06. The van der Waals surface area contributed by atoms with Gasteiger partial charge in [-0.05, 0) is 31.0 Å². The molecule has 0 N–H and O–H groups in total. The van der Waals surface area contributed by atoms with E-state index in [0.29, 0.717) is 11.8 Å². The number of aryl methyl sites for hydroxylation is 1. The van der Waals surface area contributed by atoms with Crippen molar-refractivity contribution in [2.45, 2.75) is 25.8 Å². The average Bonchev–Trinajstić information content (AvgIpc) is 2.97. The molecule has 1 aromatic heterocycles. The lowest BCUT2D eigenvalue weighted by Gasteiger charge is -2.12. The third-order valence-corrected chi connectivity index (χ3v) is 3.81. The molecule has 96 valence electrons. The highest BCUT2D eigenvalue weighted by Crippen LogP contribution is 2.23. The largest absolute Gasteiger partial charge is 0.381 e. The summed E-state index contributed by atoms with van der Waals surface area (Å²) in [4.78, 5) is 4.62. The number of hydrogen-bond acceptors (Lipinski definition) is 2. The lowest BCUT2D eigenvalue weighted by atomic mass is 10.1. The Morgan fingerprint density at radius 3 is 3.11 bits per heavy atom. The van der Waals surface area contributed by atoms with E-state index in [1.165, 1.54) is 11.1 Å². The van der Waals surface area contributed by atoms with E-state index in [1.54, 1.807) is 0 Å². The highest BCUT2D eigenvalue weighted by Gasteiger charge is 2.19. The van der Waals surface area contributed by atoms with Crippen molar-refractivity contribution in [3.05, 3.63) is 29.6 Å². The van der Waals surface area contributed by atoms with Gasteiger partial charge in [-0.3, -0.25) is 0 Å². The van der Waals surface area contributed by atoms with E-state index in [4.69, 9.17) is 16.3 Å². The first-order valence-corrected chi connectivity index (χ1v) is 6.91. The quantitative estimate of drug-likeness (QED) is 0.797. The molecular formula is C14H17ClN2O. The number of rotatable bonds is 3. The molecule has 0 radical (unpaired) electrons.